The highest BCUT2D eigenvalue weighted by molar-refractivity contribution is 5.94. The van der Waals surface area contributed by atoms with E-state index in [9.17, 15) is 9.18 Å². The third kappa shape index (κ3) is 2.71. The van der Waals surface area contributed by atoms with E-state index in [-0.39, 0.29) is 11.9 Å². The normalized spacial score (nSPS) is 25.7. The van der Waals surface area contributed by atoms with Crippen molar-refractivity contribution in [3.8, 4) is 11.3 Å². The largest absolute Gasteiger partial charge is 0.346 e. The number of amides is 1. The molecule has 2 aromatic heterocycles. The molecule has 5 rings (SSSR count). The minimum atomic E-state index is -0.506. The highest BCUT2D eigenvalue weighted by Crippen LogP contribution is 2.28. The van der Waals surface area contributed by atoms with Gasteiger partial charge in [0.05, 0.1) is 0 Å². The molecule has 1 N–H and O–H groups in total. The van der Waals surface area contributed by atoms with Crippen molar-refractivity contribution in [2.24, 2.45) is 13.0 Å². The van der Waals surface area contributed by atoms with Gasteiger partial charge in [-0.3, -0.25) is 4.79 Å². The molecule has 1 unspecified atom stereocenters. The zero-order chi connectivity index (χ0) is 16.7. The van der Waals surface area contributed by atoms with Gasteiger partial charge in [0.25, 0.3) is 5.91 Å². The zero-order valence-corrected chi connectivity index (χ0v) is 13.7. The van der Waals surface area contributed by atoms with Gasteiger partial charge in [0.2, 0.25) is 5.95 Å². The molecule has 5 nitrogen and oxygen atoms in total. The quantitative estimate of drug-likeness (QED) is 0.878. The molecule has 0 aliphatic carbocycles. The van der Waals surface area contributed by atoms with Crippen molar-refractivity contribution in [1.82, 2.24) is 19.8 Å². The summed E-state index contributed by atoms with van der Waals surface area (Å²) in [6.07, 6.45) is 3.83. The maximum Gasteiger partial charge on any atom is 0.268 e. The number of nitrogens with one attached hydrogen (secondary N) is 1. The summed E-state index contributed by atoms with van der Waals surface area (Å²) in [7, 11) is 1.85. The van der Waals surface area contributed by atoms with E-state index < -0.39 is 5.95 Å². The van der Waals surface area contributed by atoms with Crippen LogP contribution in [0, 0.1) is 11.9 Å². The predicted octanol–water partition coefficient (Wildman–Crippen LogP) is 2.05. The Bertz CT molecular complexity index is 747. The molecule has 3 aliphatic heterocycles. The molecule has 3 saturated heterocycles. The van der Waals surface area contributed by atoms with Crippen LogP contribution >= 0.6 is 0 Å². The van der Waals surface area contributed by atoms with Crippen LogP contribution in [-0.4, -0.2) is 46.0 Å². The Morgan fingerprint density at radius 1 is 1.25 bits per heavy atom. The van der Waals surface area contributed by atoms with E-state index in [1.54, 1.807) is 6.07 Å². The predicted molar refractivity (Wildman–Crippen MR) is 89.0 cm³/mol. The van der Waals surface area contributed by atoms with Crippen LogP contribution in [0.1, 0.15) is 23.3 Å². The molecule has 0 saturated carbocycles. The summed E-state index contributed by atoms with van der Waals surface area (Å²) in [5, 5.41) is 3.20. The van der Waals surface area contributed by atoms with Crippen molar-refractivity contribution in [2.75, 3.05) is 19.6 Å². The Balaban J connectivity index is 1.52. The van der Waals surface area contributed by atoms with Gasteiger partial charge in [0.15, 0.2) is 0 Å². The number of fused-ring (bicyclic) bond motifs is 3. The molecule has 2 aromatic rings. The summed E-state index contributed by atoms with van der Waals surface area (Å²) in [6.45, 7) is 3.27. The van der Waals surface area contributed by atoms with Crippen LogP contribution in [0.2, 0.25) is 0 Å². The highest BCUT2D eigenvalue weighted by Gasteiger charge is 2.35. The van der Waals surface area contributed by atoms with Crippen LogP contribution in [0.5, 0.6) is 0 Å². The van der Waals surface area contributed by atoms with Crippen molar-refractivity contribution in [1.29, 1.82) is 0 Å². The molecule has 2 bridgehead atoms. The third-order valence-electron chi connectivity index (χ3n) is 5.35. The Kier molecular flexibility index (Phi) is 3.84. The molecule has 3 fully saturated rings. The van der Waals surface area contributed by atoms with Crippen molar-refractivity contribution in [2.45, 2.75) is 18.9 Å². The Morgan fingerprint density at radius 2 is 2.04 bits per heavy atom. The summed E-state index contributed by atoms with van der Waals surface area (Å²) in [5.74, 6) is 0.0471. The van der Waals surface area contributed by atoms with E-state index in [1.165, 1.54) is 25.1 Å². The van der Waals surface area contributed by atoms with Gasteiger partial charge >= 0.3 is 0 Å². The van der Waals surface area contributed by atoms with Crippen LogP contribution in [0.4, 0.5) is 4.39 Å². The highest BCUT2D eigenvalue weighted by atomic mass is 19.1. The number of piperidine rings is 3. The molecule has 0 aromatic carbocycles. The van der Waals surface area contributed by atoms with Gasteiger partial charge in [-0.2, -0.15) is 4.39 Å². The molecule has 6 heteroatoms. The average molecular weight is 328 g/mol. The number of nitrogens with zero attached hydrogens (tertiary/aromatic N) is 3. The molecule has 1 atom stereocenters. The molecular formula is C18H21FN4O. The van der Waals surface area contributed by atoms with Crippen LogP contribution in [0.25, 0.3) is 11.3 Å². The molecule has 5 heterocycles. The lowest BCUT2D eigenvalue weighted by Crippen LogP contribution is -2.57. The Morgan fingerprint density at radius 3 is 2.67 bits per heavy atom. The molecule has 24 heavy (non-hydrogen) atoms. The summed E-state index contributed by atoms with van der Waals surface area (Å²) < 4.78 is 14.8. The van der Waals surface area contributed by atoms with Crippen LogP contribution in [0.15, 0.2) is 30.5 Å². The van der Waals surface area contributed by atoms with Crippen molar-refractivity contribution >= 4 is 5.91 Å². The third-order valence-corrected chi connectivity index (χ3v) is 5.35. The van der Waals surface area contributed by atoms with E-state index in [1.807, 2.05) is 23.7 Å². The van der Waals surface area contributed by atoms with E-state index in [4.69, 9.17) is 0 Å². The van der Waals surface area contributed by atoms with Crippen molar-refractivity contribution in [3.05, 3.63) is 42.1 Å². The molecular weight excluding hydrogens is 307 g/mol. The Labute approximate surface area is 140 Å². The lowest BCUT2D eigenvalue weighted by atomic mass is 9.84. The van der Waals surface area contributed by atoms with Gasteiger partial charge < -0.3 is 14.8 Å². The first-order chi connectivity index (χ1) is 11.6. The number of carbonyl (C=O) groups excluding carboxylic acids is 1. The van der Waals surface area contributed by atoms with Gasteiger partial charge in [0, 0.05) is 37.1 Å². The second kappa shape index (κ2) is 6.02. The van der Waals surface area contributed by atoms with E-state index in [2.05, 4.69) is 15.2 Å². The fourth-order valence-electron chi connectivity index (χ4n) is 3.93. The van der Waals surface area contributed by atoms with Gasteiger partial charge in [0.1, 0.15) is 5.69 Å². The number of hydrogen-bond acceptors (Lipinski definition) is 3. The van der Waals surface area contributed by atoms with Gasteiger partial charge in [-0.1, -0.05) is 0 Å². The number of aromatic nitrogens is 2. The summed E-state index contributed by atoms with van der Waals surface area (Å²) in [6, 6.07) is 6.93. The standard InChI is InChI=1S/C18H21FN4O/c1-22-15(13-2-5-17(19)20-10-13)3-4-16(22)18(24)21-14-11-23-8-6-12(14)7-9-23/h2-5,10,12,14H,6-9,11H2,1H3,(H,21,24). The fourth-order valence-corrected chi connectivity index (χ4v) is 3.93. The van der Waals surface area contributed by atoms with Crippen LogP contribution in [0.3, 0.4) is 0 Å². The molecule has 0 spiro atoms. The monoisotopic (exact) mass is 328 g/mol. The first-order valence-electron chi connectivity index (χ1n) is 8.42. The maximum atomic E-state index is 13.0. The topological polar surface area (TPSA) is 50.2 Å². The van der Waals surface area contributed by atoms with E-state index >= 15 is 0 Å². The number of hydrogen-bond donors (Lipinski definition) is 1. The zero-order valence-electron chi connectivity index (χ0n) is 13.7. The summed E-state index contributed by atoms with van der Waals surface area (Å²) >= 11 is 0. The average Bonchev–Trinajstić information content (AvgIpc) is 2.98. The van der Waals surface area contributed by atoms with Crippen LogP contribution in [-0.2, 0) is 7.05 Å². The number of halogens is 1. The lowest BCUT2D eigenvalue weighted by Gasteiger charge is -2.44. The fraction of sp³-hybridized carbons (Fsp3) is 0.444. The summed E-state index contributed by atoms with van der Waals surface area (Å²) in [4.78, 5) is 18.8. The van der Waals surface area contributed by atoms with E-state index in [0.717, 1.165) is 30.9 Å². The van der Waals surface area contributed by atoms with Gasteiger partial charge in [-0.25, -0.2) is 4.98 Å². The second-order valence-electron chi connectivity index (χ2n) is 6.75. The second-order valence-corrected chi connectivity index (χ2v) is 6.75. The molecule has 3 aliphatic rings. The minimum Gasteiger partial charge on any atom is -0.346 e. The van der Waals surface area contributed by atoms with Gasteiger partial charge in [-0.05, 0) is 56.1 Å². The van der Waals surface area contributed by atoms with Crippen molar-refractivity contribution in [3.63, 3.8) is 0 Å². The van der Waals surface area contributed by atoms with E-state index in [0.29, 0.717) is 11.6 Å². The Hall–Kier alpha value is -2.21. The maximum absolute atomic E-state index is 13.0. The van der Waals surface area contributed by atoms with Crippen molar-refractivity contribution < 1.29 is 9.18 Å². The molecule has 126 valence electrons. The first-order valence-corrected chi connectivity index (χ1v) is 8.42. The number of pyridine rings is 1. The SMILES string of the molecule is Cn1c(C(=O)NC2CN3CCC2CC3)ccc1-c1ccc(F)nc1. The van der Waals surface area contributed by atoms with Gasteiger partial charge in [-0.15, -0.1) is 0 Å². The smallest absolute Gasteiger partial charge is 0.268 e. The minimum absolute atomic E-state index is 0.0439. The van der Waals surface area contributed by atoms with Crippen LogP contribution < -0.4 is 5.32 Å². The molecule has 1 amide bonds. The summed E-state index contributed by atoms with van der Waals surface area (Å²) in [5.41, 5.74) is 2.26. The number of carbonyl (C=O) groups is 1. The molecule has 0 radical (unpaired) electrons. The first kappa shape index (κ1) is 15.3. The number of rotatable bonds is 3. The lowest BCUT2D eigenvalue weighted by molar-refractivity contribution is 0.0616.